The van der Waals surface area contributed by atoms with Gasteiger partial charge in [0.1, 0.15) is 5.82 Å². The second-order valence-corrected chi connectivity index (χ2v) is 11.9. The number of carbonyl (C=O) groups is 1. The van der Waals surface area contributed by atoms with E-state index in [0.717, 1.165) is 34.1 Å². The number of nitrogens with one attached hydrogen (secondary N) is 1. The van der Waals surface area contributed by atoms with Crippen molar-refractivity contribution in [1.29, 1.82) is 0 Å². The Hall–Kier alpha value is -4.19. The average Bonchev–Trinajstić information content (AvgIpc) is 3.23. The van der Waals surface area contributed by atoms with Crippen LogP contribution in [0.4, 0.5) is 14.6 Å². The monoisotopic (exact) mass is 555 g/mol. The van der Waals surface area contributed by atoms with Crippen LogP contribution < -0.4 is 5.32 Å². The van der Waals surface area contributed by atoms with E-state index in [9.17, 15) is 22.0 Å². The lowest BCUT2D eigenvalue weighted by molar-refractivity contribution is -0.131. The van der Waals surface area contributed by atoms with Gasteiger partial charge in [-0.2, -0.15) is 0 Å². The number of hydrogen-bond donors (Lipinski definition) is 2. The standard InChI is InChI=1S/C27H27F2N5O4S/c1-16-8-10-18(11-9-16)39(37,38)34-15-20(19-12-17(28)13-31-26(19)34)24-30-14-21(29)25(33-24)32-22(27(2,3)4)6-5-7-23(35)36/h5,7-15,22H,6H2,1-4H3,(H,35,36)(H,30,32,33)/b7-5+. The van der Waals surface area contributed by atoms with Crippen LogP contribution >= 0.6 is 0 Å². The third-order valence-electron chi connectivity index (χ3n) is 6.13. The number of carboxylic acids is 1. The van der Waals surface area contributed by atoms with Crippen LogP contribution in [-0.2, 0) is 14.8 Å². The number of carboxylic acid groups (broad SMARTS) is 1. The molecule has 0 aliphatic heterocycles. The first-order valence-corrected chi connectivity index (χ1v) is 13.4. The van der Waals surface area contributed by atoms with Gasteiger partial charge in [-0.3, -0.25) is 0 Å². The summed E-state index contributed by atoms with van der Waals surface area (Å²) in [5, 5.41) is 12.0. The zero-order valence-electron chi connectivity index (χ0n) is 21.7. The van der Waals surface area contributed by atoms with Crippen molar-refractivity contribution < 1.29 is 27.1 Å². The normalized spacial score (nSPS) is 13.2. The number of fused-ring (bicyclic) bond motifs is 1. The van der Waals surface area contributed by atoms with Crippen molar-refractivity contribution in [2.45, 2.75) is 45.1 Å². The molecule has 0 aliphatic carbocycles. The van der Waals surface area contributed by atoms with Gasteiger partial charge in [-0.05, 0) is 37.0 Å². The van der Waals surface area contributed by atoms with E-state index in [2.05, 4.69) is 20.3 Å². The third-order valence-corrected chi connectivity index (χ3v) is 7.79. The van der Waals surface area contributed by atoms with Gasteiger partial charge in [0.2, 0.25) is 0 Å². The van der Waals surface area contributed by atoms with Crippen LogP contribution in [0.5, 0.6) is 0 Å². The minimum atomic E-state index is -4.13. The molecule has 39 heavy (non-hydrogen) atoms. The molecule has 4 aromatic rings. The van der Waals surface area contributed by atoms with Gasteiger partial charge in [0, 0.05) is 29.3 Å². The summed E-state index contributed by atoms with van der Waals surface area (Å²) >= 11 is 0. The van der Waals surface area contributed by atoms with Gasteiger partial charge in [0.15, 0.2) is 23.1 Å². The quantitative estimate of drug-likeness (QED) is 0.285. The zero-order chi connectivity index (χ0) is 28.5. The number of nitrogens with zero attached hydrogens (tertiary/aromatic N) is 4. The van der Waals surface area contributed by atoms with E-state index in [1.807, 2.05) is 27.7 Å². The molecule has 3 aromatic heterocycles. The Kier molecular flexibility index (Phi) is 7.51. The Bertz CT molecular complexity index is 1680. The predicted octanol–water partition coefficient (Wildman–Crippen LogP) is 5.17. The van der Waals surface area contributed by atoms with Crippen molar-refractivity contribution in [1.82, 2.24) is 18.9 Å². The molecule has 9 nitrogen and oxygen atoms in total. The molecule has 0 saturated heterocycles. The van der Waals surface area contributed by atoms with Crippen molar-refractivity contribution in [2.24, 2.45) is 5.41 Å². The van der Waals surface area contributed by atoms with Crippen LogP contribution in [0.2, 0.25) is 0 Å². The van der Waals surface area contributed by atoms with Gasteiger partial charge in [-0.15, -0.1) is 0 Å². The highest BCUT2D eigenvalue weighted by Gasteiger charge is 2.27. The third kappa shape index (κ3) is 5.95. The van der Waals surface area contributed by atoms with Crippen molar-refractivity contribution >= 4 is 32.8 Å². The first kappa shape index (κ1) is 27.8. The Morgan fingerprint density at radius 2 is 1.85 bits per heavy atom. The summed E-state index contributed by atoms with van der Waals surface area (Å²) in [6.45, 7) is 7.53. The number of pyridine rings is 1. The molecule has 0 amide bonds. The van der Waals surface area contributed by atoms with Gasteiger partial charge >= 0.3 is 5.97 Å². The summed E-state index contributed by atoms with van der Waals surface area (Å²) < 4.78 is 57.0. The summed E-state index contributed by atoms with van der Waals surface area (Å²) in [7, 11) is -4.13. The van der Waals surface area contributed by atoms with E-state index in [-0.39, 0.29) is 39.6 Å². The van der Waals surface area contributed by atoms with Gasteiger partial charge in [0.25, 0.3) is 10.0 Å². The molecule has 1 aromatic carbocycles. The number of aryl methyl sites for hydroxylation is 1. The van der Waals surface area contributed by atoms with E-state index in [4.69, 9.17) is 5.11 Å². The van der Waals surface area contributed by atoms with Gasteiger partial charge in [-0.1, -0.05) is 44.5 Å². The Morgan fingerprint density at radius 1 is 1.15 bits per heavy atom. The Morgan fingerprint density at radius 3 is 2.49 bits per heavy atom. The molecule has 0 bridgehead atoms. The maximum absolute atomic E-state index is 14.8. The van der Waals surface area contributed by atoms with E-state index >= 15 is 0 Å². The number of halogens is 2. The van der Waals surface area contributed by atoms with Gasteiger partial charge in [-0.25, -0.2) is 40.9 Å². The largest absolute Gasteiger partial charge is 0.478 e. The molecule has 3 heterocycles. The topological polar surface area (TPSA) is 127 Å². The van der Waals surface area contributed by atoms with Crippen LogP contribution in [0, 0.1) is 24.0 Å². The lowest BCUT2D eigenvalue weighted by atomic mass is 9.84. The molecule has 2 N–H and O–H groups in total. The second kappa shape index (κ2) is 10.5. The second-order valence-electron chi connectivity index (χ2n) is 10.1. The SMILES string of the molecule is Cc1ccc(S(=O)(=O)n2cc(-c3ncc(F)c(NC(C/C=C/C(=O)O)C(C)(C)C)n3)c3cc(F)cnc32)cc1. The maximum Gasteiger partial charge on any atom is 0.327 e. The number of anilines is 1. The number of aliphatic carboxylic acids is 1. The summed E-state index contributed by atoms with van der Waals surface area (Å²) in [5.41, 5.74) is 0.541. The van der Waals surface area contributed by atoms with E-state index < -0.39 is 39.1 Å². The number of hydrogen-bond acceptors (Lipinski definition) is 7. The van der Waals surface area contributed by atoms with Crippen LogP contribution in [0.1, 0.15) is 32.8 Å². The Labute approximate surface area is 224 Å². The van der Waals surface area contributed by atoms with E-state index in [1.165, 1.54) is 24.4 Å². The minimum absolute atomic E-state index is 0.00694. The molecule has 12 heteroatoms. The predicted molar refractivity (Wildman–Crippen MR) is 143 cm³/mol. The molecule has 0 saturated carbocycles. The van der Waals surface area contributed by atoms with Crippen LogP contribution in [0.25, 0.3) is 22.4 Å². The minimum Gasteiger partial charge on any atom is -0.478 e. The lowest BCUT2D eigenvalue weighted by Crippen LogP contribution is -2.34. The highest BCUT2D eigenvalue weighted by Crippen LogP contribution is 2.33. The molecule has 0 aliphatic rings. The molecular weight excluding hydrogens is 528 g/mol. The first-order chi connectivity index (χ1) is 18.3. The fourth-order valence-electron chi connectivity index (χ4n) is 3.94. The van der Waals surface area contributed by atoms with Crippen molar-refractivity contribution in [2.75, 3.05) is 5.32 Å². The maximum atomic E-state index is 14.8. The Balaban J connectivity index is 1.82. The molecule has 1 unspecified atom stereocenters. The fourth-order valence-corrected chi connectivity index (χ4v) is 5.26. The summed E-state index contributed by atoms with van der Waals surface area (Å²) in [4.78, 5) is 23.3. The number of rotatable bonds is 8. The van der Waals surface area contributed by atoms with Crippen molar-refractivity contribution in [3.8, 4) is 11.4 Å². The lowest BCUT2D eigenvalue weighted by Gasteiger charge is -2.31. The zero-order valence-corrected chi connectivity index (χ0v) is 22.5. The summed E-state index contributed by atoms with van der Waals surface area (Å²) in [6, 6.07) is 6.93. The van der Waals surface area contributed by atoms with E-state index in [1.54, 1.807) is 12.1 Å². The highest BCUT2D eigenvalue weighted by molar-refractivity contribution is 7.90. The smallest absolute Gasteiger partial charge is 0.327 e. The van der Waals surface area contributed by atoms with Crippen molar-refractivity contribution in [3.63, 3.8) is 0 Å². The van der Waals surface area contributed by atoms with Crippen LogP contribution in [0.3, 0.4) is 0 Å². The van der Waals surface area contributed by atoms with Crippen LogP contribution in [-0.4, -0.2) is 44.5 Å². The molecular formula is C27H27F2N5O4S. The molecule has 204 valence electrons. The summed E-state index contributed by atoms with van der Waals surface area (Å²) in [6.07, 6.45) is 5.81. The average molecular weight is 556 g/mol. The van der Waals surface area contributed by atoms with Gasteiger partial charge in [0.05, 0.1) is 17.3 Å². The van der Waals surface area contributed by atoms with Gasteiger partial charge < -0.3 is 10.4 Å². The molecule has 0 fully saturated rings. The number of aromatic nitrogens is 4. The molecule has 0 radical (unpaired) electrons. The van der Waals surface area contributed by atoms with E-state index in [0.29, 0.717) is 0 Å². The number of benzene rings is 1. The molecule has 4 rings (SSSR count). The molecule has 1 atom stereocenters. The first-order valence-electron chi connectivity index (χ1n) is 11.9. The molecule has 0 spiro atoms. The van der Waals surface area contributed by atoms with Crippen LogP contribution in [0.15, 0.2) is 66.0 Å². The summed E-state index contributed by atoms with van der Waals surface area (Å²) in [5.74, 6) is -2.79. The highest BCUT2D eigenvalue weighted by atomic mass is 32.2. The van der Waals surface area contributed by atoms with Crippen molar-refractivity contribution in [3.05, 3.63) is 78.3 Å². The fraction of sp³-hybridized carbons (Fsp3) is 0.259.